The molecule has 0 aliphatic rings. The Balaban J connectivity index is 1.56. The van der Waals surface area contributed by atoms with Crippen LogP contribution in [0.2, 0.25) is 0 Å². The van der Waals surface area contributed by atoms with Crippen molar-refractivity contribution in [1.29, 1.82) is 0 Å². The molecule has 0 aliphatic heterocycles. The van der Waals surface area contributed by atoms with Crippen LogP contribution in [0.4, 0.5) is 4.39 Å². The third-order valence-electron chi connectivity index (χ3n) is 7.70. The van der Waals surface area contributed by atoms with E-state index in [0.29, 0.717) is 0 Å². The highest BCUT2D eigenvalue weighted by Gasteiger charge is 2.20. The summed E-state index contributed by atoms with van der Waals surface area (Å²) in [4.78, 5) is 0. The standard InChI is InChI=1S/C36H21FO/c37-24-11-7-10-23(21-24)33-26-13-3-5-15-28(26)34(29-16-6-4-14-27(29)33)30-17-8-18-32-35(30)31-20-19-22-9-1-2-12-25(22)36(31)38-32/h1-21H. The molecule has 0 radical (unpaired) electrons. The Kier molecular flexibility index (Phi) is 4.47. The summed E-state index contributed by atoms with van der Waals surface area (Å²) >= 11 is 0. The fourth-order valence-electron chi connectivity index (χ4n) is 6.14. The average Bonchev–Trinajstić information content (AvgIpc) is 3.35. The highest BCUT2D eigenvalue weighted by molar-refractivity contribution is 6.26. The minimum atomic E-state index is -0.235. The van der Waals surface area contributed by atoms with Crippen molar-refractivity contribution in [3.05, 3.63) is 133 Å². The second kappa shape index (κ2) is 8.03. The first kappa shape index (κ1) is 21.2. The first-order valence-corrected chi connectivity index (χ1v) is 12.8. The number of halogens is 1. The minimum absolute atomic E-state index is 0.235. The van der Waals surface area contributed by atoms with Crippen molar-refractivity contribution >= 4 is 54.3 Å². The van der Waals surface area contributed by atoms with E-state index in [1.54, 1.807) is 12.1 Å². The Morgan fingerprint density at radius 1 is 0.474 bits per heavy atom. The van der Waals surface area contributed by atoms with E-state index in [1.807, 2.05) is 6.07 Å². The molecule has 8 rings (SSSR count). The lowest BCUT2D eigenvalue weighted by molar-refractivity contribution is 0.628. The predicted octanol–water partition coefficient (Wildman–Crippen LogP) is 10.5. The van der Waals surface area contributed by atoms with Gasteiger partial charge in [-0.2, -0.15) is 0 Å². The molecule has 0 N–H and O–H groups in total. The first-order valence-electron chi connectivity index (χ1n) is 12.8. The van der Waals surface area contributed by atoms with Gasteiger partial charge in [-0.15, -0.1) is 0 Å². The maximum atomic E-state index is 14.4. The van der Waals surface area contributed by atoms with E-state index in [9.17, 15) is 4.39 Å². The number of rotatable bonds is 2. The molecule has 2 heteroatoms. The van der Waals surface area contributed by atoms with Crippen molar-refractivity contribution in [2.24, 2.45) is 0 Å². The molecule has 0 spiro atoms. The van der Waals surface area contributed by atoms with Crippen LogP contribution in [0.5, 0.6) is 0 Å². The molecule has 8 aromatic rings. The van der Waals surface area contributed by atoms with Gasteiger partial charge in [-0.3, -0.25) is 0 Å². The number of fused-ring (bicyclic) bond motifs is 7. The Morgan fingerprint density at radius 2 is 1.11 bits per heavy atom. The number of hydrogen-bond donors (Lipinski definition) is 0. The topological polar surface area (TPSA) is 13.1 Å². The Bertz CT molecular complexity index is 2150. The molecule has 0 unspecified atom stereocenters. The van der Waals surface area contributed by atoms with E-state index in [1.165, 1.54) is 6.07 Å². The summed E-state index contributed by atoms with van der Waals surface area (Å²) in [5, 5.41) is 8.96. The zero-order chi connectivity index (χ0) is 25.2. The van der Waals surface area contributed by atoms with Gasteiger partial charge >= 0.3 is 0 Å². The number of benzene rings is 7. The van der Waals surface area contributed by atoms with E-state index in [4.69, 9.17) is 4.42 Å². The summed E-state index contributed by atoms with van der Waals surface area (Å²) in [6, 6.07) is 42.9. The van der Waals surface area contributed by atoms with Crippen LogP contribution in [-0.4, -0.2) is 0 Å². The van der Waals surface area contributed by atoms with Gasteiger partial charge in [0.25, 0.3) is 0 Å². The average molecular weight is 489 g/mol. The Morgan fingerprint density at radius 3 is 1.82 bits per heavy atom. The second-order valence-corrected chi connectivity index (χ2v) is 9.80. The van der Waals surface area contributed by atoms with Crippen molar-refractivity contribution < 1.29 is 8.81 Å². The third kappa shape index (κ3) is 2.98. The van der Waals surface area contributed by atoms with E-state index in [2.05, 4.69) is 103 Å². The molecular formula is C36H21FO. The van der Waals surface area contributed by atoms with Crippen molar-refractivity contribution in [3.8, 4) is 22.3 Å². The zero-order valence-electron chi connectivity index (χ0n) is 20.4. The number of hydrogen-bond acceptors (Lipinski definition) is 1. The van der Waals surface area contributed by atoms with Gasteiger partial charge in [0.05, 0.1) is 0 Å². The van der Waals surface area contributed by atoms with Crippen LogP contribution in [0.25, 0.3) is 76.5 Å². The minimum Gasteiger partial charge on any atom is -0.455 e. The molecule has 0 bridgehead atoms. The van der Waals surface area contributed by atoms with Gasteiger partial charge in [0.15, 0.2) is 0 Å². The maximum absolute atomic E-state index is 14.4. The number of furan rings is 1. The fraction of sp³-hybridized carbons (Fsp3) is 0. The molecule has 1 aromatic heterocycles. The lowest BCUT2D eigenvalue weighted by Gasteiger charge is -2.18. The SMILES string of the molecule is Fc1cccc(-c2c3ccccc3c(-c3cccc4oc5c6ccccc6ccc5c34)c3ccccc23)c1. The molecular weight excluding hydrogens is 467 g/mol. The highest BCUT2D eigenvalue weighted by atomic mass is 19.1. The summed E-state index contributed by atoms with van der Waals surface area (Å²) in [5.74, 6) is -0.235. The second-order valence-electron chi connectivity index (χ2n) is 9.80. The van der Waals surface area contributed by atoms with Crippen molar-refractivity contribution in [1.82, 2.24) is 0 Å². The van der Waals surface area contributed by atoms with Crippen LogP contribution in [0.1, 0.15) is 0 Å². The van der Waals surface area contributed by atoms with Gasteiger partial charge in [-0.25, -0.2) is 4.39 Å². The highest BCUT2D eigenvalue weighted by Crippen LogP contribution is 2.47. The summed E-state index contributed by atoms with van der Waals surface area (Å²) in [6.45, 7) is 0. The van der Waals surface area contributed by atoms with Crippen LogP contribution < -0.4 is 0 Å². The molecule has 0 fully saturated rings. The molecule has 178 valence electrons. The van der Waals surface area contributed by atoms with Gasteiger partial charge in [-0.1, -0.05) is 103 Å². The molecule has 0 saturated heterocycles. The maximum Gasteiger partial charge on any atom is 0.143 e. The Labute approximate surface area is 218 Å². The van der Waals surface area contributed by atoms with Gasteiger partial charge in [0.1, 0.15) is 17.0 Å². The van der Waals surface area contributed by atoms with E-state index in [-0.39, 0.29) is 5.82 Å². The lowest BCUT2D eigenvalue weighted by Crippen LogP contribution is -1.91. The summed E-state index contributed by atoms with van der Waals surface area (Å²) in [6.07, 6.45) is 0. The van der Waals surface area contributed by atoms with Crippen LogP contribution in [0.15, 0.2) is 132 Å². The molecule has 0 saturated carbocycles. The van der Waals surface area contributed by atoms with Gasteiger partial charge in [-0.05, 0) is 73.5 Å². The van der Waals surface area contributed by atoms with Crippen LogP contribution in [0, 0.1) is 5.82 Å². The van der Waals surface area contributed by atoms with Gasteiger partial charge in [0, 0.05) is 16.2 Å². The van der Waals surface area contributed by atoms with Crippen molar-refractivity contribution in [2.75, 3.05) is 0 Å². The van der Waals surface area contributed by atoms with E-state index >= 15 is 0 Å². The summed E-state index contributed by atoms with van der Waals surface area (Å²) in [5.41, 5.74) is 6.01. The van der Waals surface area contributed by atoms with E-state index in [0.717, 1.165) is 76.5 Å². The van der Waals surface area contributed by atoms with Gasteiger partial charge in [0.2, 0.25) is 0 Å². The first-order chi connectivity index (χ1) is 18.8. The summed E-state index contributed by atoms with van der Waals surface area (Å²) in [7, 11) is 0. The molecule has 1 nitrogen and oxygen atoms in total. The molecule has 0 atom stereocenters. The molecule has 1 heterocycles. The fourth-order valence-corrected chi connectivity index (χ4v) is 6.14. The normalized spacial score (nSPS) is 11.8. The van der Waals surface area contributed by atoms with Crippen molar-refractivity contribution in [3.63, 3.8) is 0 Å². The smallest absolute Gasteiger partial charge is 0.143 e. The quantitative estimate of drug-likeness (QED) is 0.221. The summed E-state index contributed by atoms with van der Waals surface area (Å²) < 4.78 is 20.9. The largest absolute Gasteiger partial charge is 0.455 e. The molecule has 0 aliphatic carbocycles. The van der Waals surface area contributed by atoms with E-state index < -0.39 is 0 Å². The van der Waals surface area contributed by atoms with Gasteiger partial charge < -0.3 is 4.42 Å². The molecule has 7 aromatic carbocycles. The van der Waals surface area contributed by atoms with Crippen molar-refractivity contribution in [2.45, 2.75) is 0 Å². The van der Waals surface area contributed by atoms with Crippen LogP contribution in [0.3, 0.4) is 0 Å². The molecule has 38 heavy (non-hydrogen) atoms. The third-order valence-corrected chi connectivity index (χ3v) is 7.70. The van der Waals surface area contributed by atoms with Crippen LogP contribution >= 0.6 is 0 Å². The predicted molar refractivity (Wildman–Crippen MR) is 157 cm³/mol. The van der Waals surface area contributed by atoms with Crippen LogP contribution in [-0.2, 0) is 0 Å². The Hall–Kier alpha value is -4.95. The zero-order valence-corrected chi connectivity index (χ0v) is 20.4. The monoisotopic (exact) mass is 488 g/mol. The molecule has 0 amide bonds. The lowest BCUT2D eigenvalue weighted by atomic mass is 9.85.